The van der Waals surface area contributed by atoms with Gasteiger partial charge in [-0.2, -0.15) is 0 Å². The third-order valence-corrected chi connectivity index (χ3v) is 9.86. The van der Waals surface area contributed by atoms with E-state index in [1.54, 1.807) is 0 Å². The summed E-state index contributed by atoms with van der Waals surface area (Å²) in [6.45, 7) is 4.84. The lowest BCUT2D eigenvalue weighted by Gasteiger charge is -2.41. The molecule has 40 heavy (non-hydrogen) atoms. The van der Waals surface area contributed by atoms with Crippen LogP contribution in [0.4, 0.5) is 0 Å². The summed E-state index contributed by atoms with van der Waals surface area (Å²) in [6.07, 6.45) is 18.3. The molecular weight excluding hydrogens is 496 g/mol. The summed E-state index contributed by atoms with van der Waals surface area (Å²) in [7, 11) is 0. The van der Waals surface area contributed by atoms with Crippen molar-refractivity contribution in [2.24, 2.45) is 0 Å². The number of nitrogens with zero attached hydrogens (tertiary/aromatic N) is 2. The minimum absolute atomic E-state index is 0.0471. The van der Waals surface area contributed by atoms with Gasteiger partial charge < -0.3 is 9.47 Å². The molecule has 2 saturated heterocycles. The maximum atomic E-state index is 13.3. The predicted octanol–water partition coefficient (Wildman–Crippen LogP) is 7.27. The number of carbonyl (C=O) groups is 1. The van der Waals surface area contributed by atoms with Crippen LogP contribution in [0.1, 0.15) is 106 Å². The zero-order valence-electron chi connectivity index (χ0n) is 24.3. The maximum absolute atomic E-state index is 13.3. The molecule has 4 atom stereocenters. The van der Waals surface area contributed by atoms with E-state index in [0.29, 0.717) is 23.2 Å². The second kappa shape index (κ2) is 13.5. The molecular formula is C35H48N2O3. The van der Waals surface area contributed by atoms with Gasteiger partial charge in [0.05, 0.1) is 0 Å². The van der Waals surface area contributed by atoms with E-state index in [4.69, 9.17) is 9.47 Å². The first-order chi connectivity index (χ1) is 19.7. The van der Waals surface area contributed by atoms with E-state index in [1.165, 1.54) is 103 Å². The largest absolute Gasteiger partial charge is 0.489 e. The van der Waals surface area contributed by atoms with Crippen molar-refractivity contribution in [2.75, 3.05) is 26.2 Å². The monoisotopic (exact) mass is 544 g/mol. The quantitative estimate of drug-likeness (QED) is 0.327. The smallest absolute Gasteiger partial charge is 0.193 e. The molecule has 4 fully saturated rings. The fourth-order valence-electron chi connectivity index (χ4n) is 7.65. The maximum Gasteiger partial charge on any atom is 0.193 e. The standard InChI is InChI=1S/C35H48N2O3/c38-35(27-15-19-29(20-16-27)39-33-13-5-3-11-31(33)36-23-7-1-8-24-36)28-17-21-30(22-18-28)40-34-14-6-4-12-32(34)37-25-9-2-10-26-37/h15-22,31-34H,1-14,23-26H2/t31-,32-,33-,34-/m1/s1. The van der Waals surface area contributed by atoms with E-state index < -0.39 is 0 Å². The van der Waals surface area contributed by atoms with E-state index in [2.05, 4.69) is 9.80 Å². The normalized spacial score (nSPS) is 28.6. The van der Waals surface area contributed by atoms with Crippen LogP contribution >= 0.6 is 0 Å². The molecule has 0 spiro atoms. The van der Waals surface area contributed by atoms with Gasteiger partial charge in [-0.3, -0.25) is 14.6 Å². The molecule has 6 rings (SSSR count). The number of likely N-dealkylation sites (tertiary alicyclic amines) is 2. The topological polar surface area (TPSA) is 42.0 Å². The van der Waals surface area contributed by atoms with Gasteiger partial charge in [0.15, 0.2) is 5.78 Å². The van der Waals surface area contributed by atoms with Crippen molar-refractivity contribution in [3.8, 4) is 11.5 Å². The lowest BCUT2D eigenvalue weighted by atomic mass is 9.90. The van der Waals surface area contributed by atoms with E-state index in [-0.39, 0.29) is 18.0 Å². The number of carbonyl (C=O) groups excluding carboxylic acids is 1. The van der Waals surface area contributed by atoms with Gasteiger partial charge in [0.2, 0.25) is 0 Å². The predicted molar refractivity (Wildman–Crippen MR) is 161 cm³/mol. The number of ether oxygens (including phenoxy) is 2. The number of hydrogen-bond acceptors (Lipinski definition) is 5. The molecule has 0 radical (unpaired) electrons. The van der Waals surface area contributed by atoms with E-state index >= 15 is 0 Å². The molecule has 0 N–H and O–H groups in total. The molecule has 2 heterocycles. The number of rotatable bonds is 8. The first-order valence-electron chi connectivity index (χ1n) is 16.3. The summed E-state index contributed by atoms with van der Waals surface area (Å²) in [5.74, 6) is 1.81. The van der Waals surface area contributed by atoms with Crippen molar-refractivity contribution in [1.82, 2.24) is 9.80 Å². The molecule has 216 valence electrons. The fraction of sp³-hybridized carbons (Fsp3) is 0.629. The zero-order valence-corrected chi connectivity index (χ0v) is 24.3. The van der Waals surface area contributed by atoms with Crippen molar-refractivity contribution >= 4 is 5.78 Å². The van der Waals surface area contributed by atoms with Crippen LogP contribution in [-0.4, -0.2) is 66.1 Å². The highest BCUT2D eigenvalue weighted by Gasteiger charge is 2.33. The van der Waals surface area contributed by atoms with E-state index in [9.17, 15) is 4.79 Å². The van der Waals surface area contributed by atoms with Gasteiger partial charge in [-0.15, -0.1) is 0 Å². The highest BCUT2D eigenvalue weighted by Crippen LogP contribution is 2.31. The molecule has 0 unspecified atom stereocenters. The Bertz CT molecular complexity index is 987. The summed E-state index contributed by atoms with van der Waals surface area (Å²) < 4.78 is 13.1. The molecule has 5 heteroatoms. The molecule has 2 aromatic carbocycles. The molecule has 2 aromatic rings. The Labute approximate surface area is 241 Å². The van der Waals surface area contributed by atoms with Gasteiger partial charge in [-0.25, -0.2) is 0 Å². The number of hydrogen-bond donors (Lipinski definition) is 0. The van der Waals surface area contributed by atoms with Crippen molar-refractivity contribution < 1.29 is 14.3 Å². The number of ketones is 1. The molecule has 5 nitrogen and oxygen atoms in total. The fourth-order valence-corrected chi connectivity index (χ4v) is 7.65. The van der Waals surface area contributed by atoms with Crippen molar-refractivity contribution in [3.05, 3.63) is 59.7 Å². The minimum Gasteiger partial charge on any atom is -0.489 e. The molecule has 2 aliphatic carbocycles. The van der Waals surface area contributed by atoms with Gasteiger partial charge in [0, 0.05) is 23.2 Å². The molecule has 4 aliphatic rings. The SMILES string of the molecule is O=C(c1ccc(O[C@@H]2CCCC[C@H]2N2CCCCC2)cc1)c1ccc(O[C@@H]2CCCC[C@H]2N2CCCCC2)cc1. The Hall–Kier alpha value is -2.37. The first-order valence-corrected chi connectivity index (χ1v) is 16.3. The van der Waals surface area contributed by atoms with Crippen LogP contribution in [-0.2, 0) is 0 Å². The summed E-state index contributed by atoms with van der Waals surface area (Å²) >= 11 is 0. The van der Waals surface area contributed by atoms with Gasteiger partial charge in [-0.1, -0.05) is 25.7 Å². The van der Waals surface area contributed by atoms with Gasteiger partial charge in [-0.05, 0) is 139 Å². The third-order valence-electron chi connectivity index (χ3n) is 9.86. The molecule has 2 aliphatic heterocycles. The van der Waals surface area contributed by atoms with Crippen LogP contribution in [0.15, 0.2) is 48.5 Å². The van der Waals surface area contributed by atoms with Crippen LogP contribution in [0.3, 0.4) is 0 Å². The average Bonchev–Trinajstić information content (AvgIpc) is 3.03. The Morgan fingerprint density at radius 3 is 1.27 bits per heavy atom. The average molecular weight is 545 g/mol. The summed E-state index contributed by atoms with van der Waals surface area (Å²) in [6, 6.07) is 16.7. The lowest BCUT2D eigenvalue weighted by Crippen LogP contribution is -2.49. The summed E-state index contributed by atoms with van der Waals surface area (Å²) in [5.41, 5.74) is 1.41. The van der Waals surface area contributed by atoms with Gasteiger partial charge in [0.25, 0.3) is 0 Å². The number of benzene rings is 2. The number of piperidine rings is 2. The Morgan fingerprint density at radius 2 is 0.875 bits per heavy atom. The van der Waals surface area contributed by atoms with E-state index in [0.717, 1.165) is 24.3 Å². The minimum atomic E-state index is 0.0471. The van der Waals surface area contributed by atoms with Crippen molar-refractivity contribution in [1.29, 1.82) is 0 Å². The zero-order chi connectivity index (χ0) is 27.1. The summed E-state index contributed by atoms with van der Waals surface area (Å²) in [4.78, 5) is 18.6. The highest BCUT2D eigenvalue weighted by atomic mass is 16.5. The van der Waals surface area contributed by atoms with Gasteiger partial charge in [0.1, 0.15) is 23.7 Å². The first kappa shape index (κ1) is 27.8. The molecule has 2 saturated carbocycles. The van der Waals surface area contributed by atoms with Crippen LogP contribution in [0.25, 0.3) is 0 Å². The molecule has 0 bridgehead atoms. The Morgan fingerprint density at radius 1 is 0.500 bits per heavy atom. The highest BCUT2D eigenvalue weighted by molar-refractivity contribution is 6.09. The van der Waals surface area contributed by atoms with Crippen LogP contribution in [0.2, 0.25) is 0 Å². The second-order valence-corrected chi connectivity index (χ2v) is 12.6. The van der Waals surface area contributed by atoms with Crippen molar-refractivity contribution in [3.63, 3.8) is 0 Å². The molecule has 0 amide bonds. The van der Waals surface area contributed by atoms with Gasteiger partial charge >= 0.3 is 0 Å². The Kier molecular flexibility index (Phi) is 9.40. The van der Waals surface area contributed by atoms with Crippen LogP contribution < -0.4 is 9.47 Å². The van der Waals surface area contributed by atoms with Crippen LogP contribution in [0.5, 0.6) is 11.5 Å². The van der Waals surface area contributed by atoms with Crippen LogP contribution in [0, 0.1) is 0 Å². The van der Waals surface area contributed by atoms with Crippen molar-refractivity contribution in [2.45, 2.75) is 114 Å². The third kappa shape index (κ3) is 6.74. The lowest BCUT2D eigenvalue weighted by molar-refractivity contribution is 0.0261. The Balaban J connectivity index is 1.05. The molecule has 0 aromatic heterocycles. The summed E-state index contributed by atoms with van der Waals surface area (Å²) in [5, 5.41) is 0. The van der Waals surface area contributed by atoms with E-state index in [1.807, 2.05) is 48.5 Å². The second-order valence-electron chi connectivity index (χ2n) is 12.6.